The Balaban J connectivity index is 2.96. The predicted octanol–water partition coefficient (Wildman–Crippen LogP) is 0.383. The molecular formula is C11H14N4O2. The van der Waals surface area contributed by atoms with Crippen molar-refractivity contribution in [2.75, 3.05) is 0 Å². The highest BCUT2D eigenvalue weighted by Gasteiger charge is 2.12. The third-order valence-electron chi connectivity index (χ3n) is 2.61. The SMILES string of the molecule is CCCn1c(=O)n(CC)c(=O)c2nccnc21. The summed E-state index contributed by atoms with van der Waals surface area (Å²) >= 11 is 0. The number of hydrogen-bond donors (Lipinski definition) is 0. The van der Waals surface area contributed by atoms with E-state index in [0.29, 0.717) is 18.7 Å². The van der Waals surface area contributed by atoms with Gasteiger partial charge in [0.1, 0.15) is 0 Å². The van der Waals surface area contributed by atoms with Gasteiger partial charge in [-0.1, -0.05) is 6.92 Å². The average Bonchev–Trinajstić information content (AvgIpc) is 2.35. The molecule has 2 rings (SSSR count). The second kappa shape index (κ2) is 4.48. The van der Waals surface area contributed by atoms with E-state index in [2.05, 4.69) is 9.97 Å². The minimum absolute atomic E-state index is 0.252. The van der Waals surface area contributed by atoms with Gasteiger partial charge in [0.2, 0.25) is 0 Å². The van der Waals surface area contributed by atoms with Gasteiger partial charge in [-0.25, -0.2) is 14.8 Å². The molecule has 0 aliphatic heterocycles. The van der Waals surface area contributed by atoms with Crippen LogP contribution in [-0.4, -0.2) is 19.1 Å². The molecule has 6 heteroatoms. The molecule has 0 fully saturated rings. The number of aryl methyl sites for hydroxylation is 1. The fourth-order valence-electron chi connectivity index (χ4n) is 1.83. The van der Waals surface area contributed by atoms with E-state index < -0.39 is 0 Å². The minimum atomic E-state index is -0.368. The highest BCUT2D eigenvalue weighted by atomic mass is 16.2. The van der Waals surface area contributed by atoms with Crippen molar-refractivity contribution < 1.29 is 0 Å². The Morgan fingerprint density at radius 1 is 1.12 bits per heavy atom. The first-order valence-electron chi connectivity index (χ1n) is 5.65. The number of aromatic nitrogens is 4. The molecule has 2 aromatic rings. The van der Waals surface area contributed by atoms with Gasteiger partial charge < -0.3 is 0 Å². The largest absolute Gasteiger partial charge is 0.332 e. The number of fused-ring (bicyclic) bond motifs is 1. The van der Waals surface area contributed by atoms with Crippen LogP contribution in [-0.2, 0) is 13.1 Å². The van der Waals surface area contributed by atoms with Gasteiger partial charge in [0.15, 0.2) is 11.2 Å². The number of rotatable bonds is 3. The van der Waals surface area contributed by atoms with E-state index in [0.717, 1.165) is 6.42 Å². The van der Waals surface area contributed by atoms with E-state index in [9.17, 15) is 9.59 Å². The van der Waals surface area contributed by atoms with Gasteiger partial charge in [0.05, 0.1) is 0 Å². The van der Waals surface area contributed by atoms with Crippen molar-refractivity contribution in [3.05, 3.63) is 33.2 Å². The van der Waals surface area contributed by atoms with Crippen LogP contribution in [0.3, 0.4) is 0 Å². The molecular weight excluding hydrogens is 220 g/mol. The molecule has 0 aromatic carbocycles. The first-order chi connectivity index (χ1) is 8.20. The normalized spacial score (nSPS) is 10.9. The Kier molecular flexibility index (Phi) is 3.03. The molecule has 0 atom stereocenters. The second-order valence-electron chi connectivity index (χ2n) is 3.71. The molecule has 90 valence electrons. The Morgan fingerprint density at radius 2 is 1.82 bits per heavy atom. The summed E-state index contributed by atoms with van der Waals surface area (Å²) in [7, 11) is 0. The fraction of sp³-hybridized carbons (Fsp3) is 0.455. The van der Waals surface area contributed by atoms with E-state index in [1.165, 1.54) is 21.5 Å². The Hall–Kier alpha value is -1.98. The average molecular weight is 234 g/mol. The summed E-state index contributed by atoms with van der Waals surface area (Å²) < 4.78 is 2.69. The summed E-state index contributed by atoms with van der Waals surface area (Å²) in [5.41, 5.74) is -0.0586. The monoisotopic (exact) mass is 234 g/mol. The van der Waals surface area contributed by atoms with Crippen LogP contribution in [0.1, 0.15) is 20.3 Å². The lowest BCUT2D eigenvalue weighted by molar-refractivity contribution is 0.577. The topological polar surface area (TPSA) is 69.8 Å². The van der Waals surface area contributed by atoms with Crippen LogP contribution in [0.15, 0.2) is 22.0 Å². The van der Waals surface area contributed by atoms with Crippen molar-refractivity contribution >= 4 is 11.2 Å². The van der Waals surface area contributed by atoms with Gasteiger partial charge in [-0.05, 0) is 13.3 Å². The third kappa shape index (κ3) is 1.75. The zero-order valence-corrected chi connectivity index (χ0v) is 9.88. The van der Waals surface area contributed by atoms with Crippen LogP contribution in [0.5, 0.6) is 0 Å². The van der Waals surface area contributed by atoms with E-state index in [1.807, 2.05) is 6.92 Å². The molecule has 0 bridgehead atoms. The molecule has 6 nitrogen and oxygen atoms in total. The molecule has 0 N–H and O–H groups in total. The first-order valence-corrected chi connectivity index (χ1v) is 5.65. The molecule has 0 radical (unpaired) electrons. The van der Waals surface area contributed by atoms with E-state index in [-0.39, 0.29) is 16.8 Å². The van der Waals surface area contributed by atoms with E-state index >= 15 is 0 Å². The second-order valence-corrected chi connectivity index (χ2v) is 3.71. The molecule has 0 amide bonds. The highest BCUT2D eigenvalue weighted by molar-refractivity contribution is 5.67. The zero-order chi connectivity index (χ0) is 12.4. The third-order valence-corrected chi connectivity index (χ3v) is 2.61. The minimum Gasteiger partial charge on any atom is -0.276 e. The van der Waals surface area contributed by atoms with Crippen molar-refractivity contribution in [2.45, 2.75) is 33.4 Å². The van der Waals surface area contributed by atoms with Gasteiger partial charge >= 0.3 is 5.69 Å². The maximum absolute atomic E-state index is 12.1. The van der Waals surface area contributed by atoms with Gasteiger partial charge in [0, 0.05) is 25.5 Å². The molecule has 0 aliphatic carbocycles. The molecule has 2 aromatic heterocycles. The summed E-state index contributed by atoms with van der Waals surface area (Å²) in [5.74, 6) is 0. The van der Waals surface area contributed by atoms with Crippen molar-refractivity contribution in [3.63, 3.8) is 0 Å². The maximum atomic E-state index is 12.1. The molecule has 0 unspecified atom stereocenters. The first kappa shape index (κ1) is 11.5. The van der Waals surface area contributed by atoms with Crippen LogP contribution in [0.25, 0.3) is 11.2 Å². The van der Waals surface area contributed by atoms with Crippen molar-refractivity contribution in [3.8, 4) is 0 Å². The van der Waals surface area contributed by atoms with Gasteiger partial charge in [-0.15, -0.1) is 0 Å². The molecule has 0 saturated heterocycles. The lowest BCUT2D eigenvalue weighted by Gasteiger charge is -2.10. The van der Waals surface area contributed by atoms with Crippen LogP contribution in [0.4, 0.5) is 0 Å². The van der Waals surface area contributed by atoms with Crippen LogP contribution in [0, 0.1) is 0 Å². The van der Waals surface area contributed by atoms with Gasteiger partial charge in [0.25, 0.3) is 5.56 Å². The molecule has 0 spiro atoms. The van der Waals surface area contributed by atoms with Crippen molar-refractivity contribution in [2.24, 2.45) is 0 Å². The quantitative estimate of drug-likeness (QED) is 0.770. The van der Waals surface area contributed by atoms with Crippen molar-refractivity contribution in [1.82, 2.24) is 19.1 Å². The Morgan fingerprint density at radius 3 is 2.47 bits per heavy atom. The lowest BCUT2D eigenvalue weighted by atomic mass is 10.4. The lowest BCUT2D eigenvalue weighted by Crippen LogP contribution is -2.40. The summed E-state index contributed by atoms with van der Waals surface area (Å²) in [6, 6.07) is 0. The summed E-state index contributed by atoms with van der Waals surface area (Å²) in [6.45, 7) is 4.61. The smallest absolute Gasteiger partial charge is 0.276 e. The Bertz CT molecular complexity index is 657. The number of hydrogen-bond acceptors (Lipinski definition) is 4. The molecule has 17 heavy (non-hydrogen) atoms. The summed E-state index contributed by atoms with van der Waals surface area (Å²) in [5, 5.41) is 0. The van der Waals surface area contributed by atoms with E-state index in [4.69, 9.17) is 0 Å². The predicted molar refractivity (Wildman–Crippen MR) is 64.0 cm³/mol. The summed E-state index contributed by atoms with van der Waals surface area (Å²) in [4.78, 5) is 32.2. The van der Waals surface area contributed by atoms with Crippen LogP contribution in [0.2, 0.25) is 0 Å². The Labute approximate surface area is 97.6 Å². The van der Waals surface area contributed by atoms with E-state index in [1.54, 1.807) is 6.92 Å². The highest BCUT2D eigenvalue weighted by Crippen LogP contribution is 2.01. The van der Waals surface area contributed by atoms with Crippen LogP contribution < -0.4 is 11.2 Å². The van der Waals surface area contributed by atoms with Gasteiger partial charge in [-0.3, -0.25) is 13.9 Å². The van der Waals surface area contributed by atoms with Crippen molar-refractivity contribution in [1.29, 1.82) is 0 Å². The molecule has 0 aliphatic rings. The zero-order valence-electron chi connectivity index (χ0n) is 9.88. The number of nitrogens with zero attached hydrogens (tertiary/aromatic N) is 4. The van der Waals surface area contributed by atoms with Gasteiger partial charge in [-0.2, -0.15) is 0 Å². The van der Waals surface area contributed by atoms with Crippen LogP contribution >= 0.6 is 0 Å². The maximum Gasteiger partial charge on any atom is 0.332 e. The standard InChI is InChI=1S/C11H14N4O2/c1-3-7-15-9-8(12-5-6-13-9)10(16)14(4-2)11(15)17/h5-6H,3-4,7H2,1-2H3. The molecule has 2 heterocycles. The molecule has 0 saturated carbocycles. The fourth-order valence-corrected chi connectivity index (χ4v) is 1.83. The summed E-state index contributed by atoms with van der Waals surface area (Å²) in [6.07, 6.45) is 3.75.